The van der Waals surface area contributed by atoms with Crippen LogP contribution < -0.4 is 5.73 Å². The molecule has 0 bridgehead atoms. The normalized spacial score (nSPS) is 11.9. The number of nitrogen functional groups attached to an aromatic ring is 1. The third-order valence-corrected chi connectivity index (χ3v) is 2.45. The molecular formula is C12H14ClNO4. The van der Waals surface area contributed by atoms with Crippen LogP contribution >= 0.6 is 11.6 Å². The van der Waals surface area contributed by atoms with Crippen LogP contribution in [-0.4, -0.2) is 23.1 Å². The molecule has 0 radical (unpaired) electrons. The van der Waals surface area contributed by atoms with Gasteiger partial charge in [0.1, 0.15) is 0 Å². The van der Waals surface area contributed by atoms with Gasteiger partial charge in [-0.2, -0.15) is 0 Å². The molecule has 0 aliphatic carbocycles. The zero-order valence-electron chi connectivity index (χ0n) is 9.85. The molecule has 0 saturated carbocycles. The standard InChI is InChI=1S/C12H14ClNO4/c1-2-3-10(11(15)16)18-12(17)7-4-8(13)6-9(14)5-7/h4-6,10H,2-3,14H2,1H3,(H,15,16). The number of carboxylic acids is 1. The highest BCUT2D eigenvalue weighted by molar-refractivity contribution is 6.31. The molecule has 5 nitrogen and oxygen atoms in total. The van der Waals surface area contributed by atoms with Gasteiger partial charge in [0.2, 0.25) is 0 Å². The number of hydrogen-bond acceptors (Lipinski definition) is 4. The van der Waals surface area contributed by atoms with Crippen LogP contribution in [0.25, 0.3) is 0 Å². The van der Waals surface area contributed by atoms with E-state index in [4.69, 9.17) is 27.2 Å². The summed E-state index contributed by atoms with van der Waals surface area (Å²) in [4.78, 5) is 22.6. The van der Waals surface area contributed by atoms with E-state index < -0.39 is 18.0 Å². The highest BCUT2D eigenvalue weighted by Gasteiger charge is 2.22. The maximum atomic E-state index is 11.7. The van der Waals surface area contributed by atoms with Crippen LogP contribution in [0.1, 0.15) is 30.1 Å². The lowest BCUT2D eigenvalue weighted by atomic mass is 10.2. The zero-order chi connectivity index (χ0) is 13.7. The van der Waals surface area contributed by atoms with Crippen LogP contribution in [0.15, 0.2) is 18.2 Å². The number of anilines is 1. The topological polar surface area (TPSA) is 89.6 Å². The molecular weight excluding hydrogens is 258 g/mol. The number of aliphatic carboxylic acids is 1. The number of benzene rings is 1. The van der Waals surface area contributed by atoms with Crippen molar-refractivity contribution in [2.75, 3.05) is 5.73 Å². The predicted octanol–water partition coefficient (Wildman–Crippen LogP) is 2.33. The second-order valence-corrected chi connectivity index (χ2v) is 4.23. The Morgan fingerprint density at radius 1 is 1.44 bits per heavy atom. The smallest absolute Gasteiger partial charge is 0.345 e. The van der Waals surface area contributed by atoms with Gasteiger partial charge in [0.15, 0.2) is 6.10 Å². The molecule has 0 amide bonds. The number of halogens is 1. The highest BCUT2D eigenvalue weighted by Crippen LogP contribution is 2.18. The van der Waals surface area contributed by atoms with Crippen molar-refractivity contribution >= 4 is 29.2 Å². The Bertz CT molecular complexity index is 441. The van der Waals surface area contributed by atoms with E-state index >= 15 is 0 Å². The molecule has 1 unspecified atom stereocenters. The fourth-order valence-corrected chi connectivity index (χ4v) is 1.67. The first-order chi connectivity index (χ1) is 8.43. The summed E-state index contributed by atoms with van der Waals surface area (Å²) in [6.07, 6.45) is -0.290. The third kappa shape index (κ3) is 3.92. The molecule has 1 atom stereocenters. The zero-order valence-corrected chi connectivity index (χ0v) is 10.6. The summed E-state index contributed by atoms with van der Waals surface area (Å²) in [6.45, 7) is 1.81. The fourth-order valence-electron chi connectivity index (χ4n) is 1.42. The van der Waals surface area contributed by atoms with E-state index in [0.717, 1.165) is 0 Å². The SMILES string of the molecule is CCCC(OC(=O)c1cc(N)cc(Cl)c1)C(=O)O. The van der Waals surface area contributed by atoms with Gasteiger partial charge in [0.05, 0.1) is 5.56 Å². The molecule has 0 saturated heterocycles. The van der Waals surface area contributed by atoms with Crippen LogP contribution in [0.4, 0.5) is 5.69 Å². The first-order valence-electron chi connectivity index (χ1n) is 5.44. The molecule has 18 heavy (non-hydrogen) atoms. The molecule has 0 aromatic heterocycles. The quantitative estimate of drug-likeness (QED) is 0.634. The van der Waals surface area contributed by atoms with Crippen LogP contribution in [0.2, 0.25) is 5.02 Å². The molecule has 1 rings (SSSR count). The lowest BCUT2D eigenvalue weighted by molar-refractivity contribution is -0.147. The van der Waals surface area contributed by atoms with Crippen molar-refractivity contribution in [3.63, 3.8) is 0 Å². The minimum atomic E-state index is -1.17. The Hall–Kier alpha value is -1.75. The summed E-state index contributed by atoms with van der Waals surface area (Å²) >= 11 is 5.75. The molecule has 0 aliphatic rings. The van der Waals surface area contributed by atoms with Crippen molar-refractivity contribution in [3.05, 3.63) is 28.8 Å². The molecule has 6 heteroatoms. The average molecular weight is 272 g/mol. The van der Waals surface area contributed by atoms with Gasteiger partial charge in [-0.25, -0.2) is 9.59 Å². The Labute approximate surface area is 109 Å². The summed E-state index contributed by atoms with van der Waals surface area (Å²) in [6, 6.07) is 4.25. The van der Waals surface area contributed by atoms with Gasteiger partial charge in [-0.15, -0.1) is 0 Å². The maximum absolute atomic E-state index is 11.7. The minimum Gasteiger partial charge on any atom is -0.479 e. The third-order valence-electron chi connectivity index (χ3n) is 2.23. The van der Waals surface area contributed by atoms with Gasteiger partial charge in [-0.3, -0.25) is 0 Å². The first kappa shape index (κ1) is 14.3. The van der Waals surface area contributed by atoms with Crippen molar-refractivity contribution in [1.29, 1.82) is 0 Å². The van der Waals surface area contributed by atoms with Gasteiger partial charge < -0.3 is 15.6 Å². The van der Waals surface area contributed by atoms with Gasteiger partial charge >= 0.3 is 11.9 Å². The molecule has 0 fully saturated rings. The van der Waals surface area contributed by atoms with Gasteiger partial charge in [-0.1, -0.05) is 24.9 Å². The summed E-state index contributed by atoms with van der Waals surface area (Å²) in [7, 11) is 0. The van der Waals surface area contributed by atoms with Crippen molar-refractivity contribution in [3.8, 4) is 0 Å². The van der Waals surface area contributed by atoms with Crippen molar-refractivity contribution in [2.24, 2.45) is 0 Å². The number of carboxylic acid groups (broad SMARTS) is 1. The van der Waals surface area contributed by atoms with Gasteiger partial charge in [-0.05, 0) is 24.6 Å². The lowest BCUT2D eigenvalue weighted by Crippen LogP contribution is -2.26. The van der Waals surface area contributed by atoms with E-state index in [9.17, 15) is 9.59 Å². The number of rotatable bonds is 5. The highest BCUT2D eigenvalue weighted by atomic mass is 35.5. The number of carbonyl (C=O) groups is 2. The van der Waals surface area contributed by atoms with Crippen molar-refractivity contribution < 1.29 is 19.4 Å². The summed E-state index contributed by atoms with van der Waals surface area (Å²) in [5.74, 6) is -1.91. The first-order valence-corrected chi connectivity index (χ1v) is 5.81. The summed E-state index contributed by atoms with van der Waals surface area (Å²) < 4.78 is 4.90. The minimum absolute atomic E-state index is 0.141. The number of ether oxygens (including phenoxy) is 1. The van der Waals surface area contributed by atoms with Crippen LogP contribution in [-0.2, 0) is 9.53 Å². The van der Waals surface area contributed by atoms with E-state index in [1.807, 2.05) is 0 Å². The number of nitrogens with two attached hydrogens (primary N) is 1. The van der Waals surface area contributed by atoms with Crippen LogP contribution in [0, 0.1) is 0 Å². The molecule has 3 N–H and O–H groups in total. The monoisotopic (exact) mass is 271 g/mol. The molecule has 1 aromatic rings. The predicted molar refractivity (Wildman–Crippen MR) is 67.6 cm³/mol. The Kier molecular flexibility index (Phi) is 4.97. The maximum Gasteiger partial charge on any atom is 0.345 e. The summed E-state index contributed by atoms with van der Waals surface area (Å²) in [5.41, 5.74) is 6.00. The summed E-state index contributed by atoms with van der Waals surface area (Å²) in [5, 5.41) is 9.18. The Balaban J connectivity index is 2.83. The van der Waals surface area contributed by atoms with Crippen LogP contribution in [0.5, 0.6) is 0 Å². The van der Waals surface area contributed by atoms with E-state index in [1.165, 1.54) is 18.2 Å². The molecule has 0 aliphatic heterocycles. The Morgan fingerprint density at radius 3 is 2.61 bits per heavy atom. The van der Waals surface area contributed by atoms with E-state index in [-0.39, 0.29) is 12.0 Å². The largest absolute Gasteiger partial charge is 0.479 e. The molecule has 98 valence electrons. The molecule has 1 aromatic carbocycles. The van der Waals surface area contributed by atoms with E-state index in [2.05, 4.69) is 0 Å². The van der Waals surface area contributed by atoms with E-state index in [1.54, 1.807) is 6.92 Å². The van der Waals surface area contributed by atoms with Gasteiger partial charge in [0, 0.05) is 10.7 Å². The number of carbonyl (C=O) groups excluding carboxylic acids is 1. The molecule has 0 heterocycles. The van der Waals surface area contributed by atoms with E-state index in [0.29, 0.717) is 17.1 Å². The average Bonchev–Trinajstić information content (AvgIpc) is 2.26. The van der Waals surface area contributed by atoms with Crippen LogP contribution in [0.3, 0.4) is 0 Å². The number of esters is 1. The second kappa shape index (κ2) is 6.26. The second-order valence-electron chi connectivity index (χ2n) is 3.79. The Morgan fingerprint density at radius 2 is 2.11 bits per heavy atom. The van der Waals surface area contributed by atoms with Crippen molar-refractivity contribution in [1.82, 2.24) is 0 Å². The number of hydrogen-bond donors (Lipinski definition) is 2. The lowest BCUT2D eigenvalue weighted by Gasteiger charge is -2.13. The molecule has 0 spiro atoms. The van der Waals surface area contributed by atoms with Crippen molar-refractivity contribution in [2.45, 2.75) is 25.9 Å². The van der Waals surface area contributed by atoms with Gasteiger partial charge in [0.25, 0.3) is 0 Å². The fraction of sp³-hybridized carbons (Fsp3) is 0.333.